The van der Waals surface area contributed by atoms with Crippen LogP contribution in [0.4, 0.5) is 0 Å². The first-order chi connectivity index (χ1) is 17.5. The zero-order chi connectivity index (χ0) is 25.1. The summed E-state index contributed by atoms with van der Waals surface area (Å²) in [5.41, 5.74) is 5.77. The standard InChI is InChI=1S/C27H32N6O3/c1-27(2)24(30-33(26(27)34)21-8-6-4-5-7-9-21)20-14-15-22(35-3)23(16-20)36-17-18-10-12-19(13-11-18)25-28-31-32-29-25/h6,8,10-16,21,24,30H,4-5,7,9,17H2,1-3H3,(H,28,29,31,32)/t21-,24?/m1/s1. The number of aromatic amines is 1. The molecule has 1 saturated heterocycles. The number of H-pyrrole nitrogens is 1. The smallest absolute Gasteiger partial charge is 0.244 e. The van der Waals surface area contributed by atoms with Crippen molar-refractivity contribution in [3.63, 3.8) is 0 Å². The Morgan fingerprint density at radius 3 is 2.69 bits per heavy atom. The number of rotatable bonds is 7. The fraction of sp³-hybridized carbons (Fsp3) is 0.407. The number of carbonyl (C=O) groups is 1. The fourth-order valence-electron chi connectivity index (χ4n) is 4.89. The van der Waals surface area contributed by atoms with Gasteiger partial charge >= 0.3 is 0 Å². The van der Waals surface area contributed by atoms with Crippen LogP contribution in [0.3, 0.4) is 0 Å². The van der Waals surface area contributed by atoms with Gasteiger partial charge in [-0.15, -0.1) is 10.2 Å². The molecule has 9 nitrogen and oxygen atoms in total. The summed E-state index contributed by atoms with van der Waals surface area (Å²) in [6, 6.07) is 13.6. The third-order valence-electron chi connectivity index (χ3n) is 7.04. The average Bonchev–Trinajstić information content (AvgIpc) is 3.41. The summed E-state index contributed by atoms with van der Waals surface area (Å²) in [5.74, 6) is 1.94. The van der Waals surface area contributed by atoms with E-state index in [2.05, 4.69) is 38.2 Å². The number of hydrogen-bond donors (Lipinski definition) is 2. The predicted octanol–water partition coefficient (Wildman–Crippen LogP) is 4.37. The highest BCUT2D eigenvalue weighted by atomic mass is 16.5. The van der Waals surface area contributed by atoms with E-state index in [1.165, 1.54) is 6.42 Å². The molecule has 36 heavy (non-hydrogen) atoms. The first kappa shape index (κ1) is 24.0. The molecule has 2 aromatic carbocycles. The summed E-state index contributed by atoms with van der Waals surface area (Å²) in [7, 11) is 1.63. The Hall–Kier alpha value is -3.72. The molecule has 2 aliphatic rings. The van der Waals surface area contributed by atoms with Crippen LogP contribution >= 0.6 is 0 Å². The minimum atomic E-state index is -0.600. The molecule has 188 valence electrons. The maximum Gasteiger partial charge on any atom is 0.244 e. The molecule has 0 radical (unpaired) electrons. The van der Waals surface area contributed by atoms with E-state index in [0.29, 0.717) is 23.9 Å². The molecule has 1 aromatic heterocycles. The average molecular weight is 489 g/mol. The van der Waals surface area contributed by atoms with Crippen LogP contribution in [-0.2, 0) is 11.4 Å². The van der Waals surface area contributed by atoms with Gasteiger partial charge in [0.25, 0.3) is 0 Å². The Morgan fingerprint density at radius 2 is 1.94 bits per heavy atom. The number of carbonyl (C=O) groups excluding carboxylic acids is 1. The van der Waals surface area contributed by atoms with Crippen LogP contribution < -0.4 is 14.9 Å². The SMILES string of the molecule is COc1ccc(C2NN([C@@H]3C=CCCCC3)C(=O)C2(C)C)cc1OCc1ccc(-c2nn[nH]n2)cc1. The van der Waals surface area contributed by atoms with Crippen LogP contribution in [0.25, 0.3) is 11.4 Å². The lowest BCUT2D eigenvalue weighted by atomic mass is 9.81. The molecular formula is C27H32N6O3. The van der Waals surface area contributed by atoms with Crippen molar-refractivity contribution < 1.29 is 14.3 Å². The molecule has 0 spiro atoms. The number of hydrazine groups is 1. The van der Waals surface area contributed by atoms with Gasteiger partial charge < -0.3 is 9.47 Å². The Labute approximate surface area is 210 Å². The van der Waals surface area contributed by atoms with Crippen molar-refractivity contribution in [2.24, 2.45) is 5.41 Å². The van der Waals surface area contributed by atoms with Crippen LogP contribution in [0.5, 0.6) is 11.5 Å². The highest BCUT2D eigenvalue weighted by molar-refractivity contribution is 5.85. The Bertz CT molecular complexity index is 1220. The van der Waals surface area contributed by atoms with E-state index in [4.69, 9.17) is 9.47 Å². The topological polar surface area (TPSA) is 105 Å². The van der Waals surface area contributed by atoms with E-state index < -0.39 is 5.41 Å². The van der Waals surface area contributed by atoms with Gasteiger partial charge in [0.2, 0.25) is 11.7 Å². The van der Waals surface area contributed by atoms with Gasteiger partial charge in [0.05, 0.1) is 24.6 Å². The first-order valence-electron chi connectivity index (χ1n) is 12.4. The summed E-state index contributed by atoms with van der Waals surface area (Å²) >= 11 is 0. The van der Waals surface area contributed by atoms with Gasteiger partial charge in [-0.3, -0.25) is 9.80 Å². The number of nitrogens with zero attached hydrogens (tertiary/aromatic N) is 4. The van der Waals surface area contributed by atoms with Gasteiger partial charge in [-0.25, -0.2) is 5.43 Å². The quantitative estimate of drug-likeness (QED) is 0.476. The van der Waals surface area contributed by atoms with E-state index in [0.717, 1.165) is 36.0 Å². The normalized spacial score (nSPS) is 21.4. The summed E-state index contributed by atoms with van der Waals surface area (Å²) in [6.45, 7) is 4.37. The second-order valence-electron chi connectivity index (χ2n) is 9.87. The molecule has 2 heterocycles. The van der Waals surface area contributed by atoms with Gasteiger partial charge in [0.15, 0.2) is 11.5 Å². The second-order valence-corrected chi connectivity index (χ2v) is 9.87. The minimum absolute atomic E-state index is 0.0775. The molecule has 2 N–H and O–H groups in total. The molecule has 1 aliphatic carbocycles. The Balaban J connectivity index is 1.34. The summed E-state index contributed by atoms with van der Waals surface area (Å²) in [6.07, 6.45) is 8.69. The van der Waals surface area contributed by atoms with Crippen LogP contribution in [0.1, 0.15) is 56.7 Å². The maximum absolute atomic E-state index is 13.4. The van der Waals surface area contributed by atoms with Gasteiger partial charge in [0, 0.05) is 5.56 Å². The van der Waals surface area contributed by atoms with Crippen LogP contribution in [0.2, 0.25) is 0 Å². The molecular weight excluding hydrogens is 456 g/mol. The number of amides is 1. The lowest BCUT2D eigenvalue weighted by Gasteiger charge is -2.25. The third kappa shape index (κ3) is 4.70. The summed E-state index contributed by atoms with van der Waals surface area (Å²) < 4.78 is 11.8. The third-order valence-corrected chi connectivity index (χ3v) is 7.04. The van der Waals surface area contributed by atoms with Crippen molar-refractivity contribution >= 4 is 5.91 Å². The van der Waals surface area contributed by atoms with Crippen molar-refractivity contribution in [3.05, 3.63) is 65.7 Å². The number of methoxy groups -OCH3 is 1. The molecule has 1 amide bonds. The molecule has 1 unspecified atom stereocenters. The largest absolute Gasteiger partial charge is 0.493 e. The van der Waals surface area contributed by atoms with Gasteiger partial charge in [-0.2, -0.15) is 5.21 Å². The molecule has 1 aliphatic heterocycles. The highest BCUT2D eigenvalue weighted by Gasteiger charge is 2.49. The number of tetrazole rings is 1. The molecule has 3 aromatic rings. The van der Waals surface area contributed by atoms with Gasteiger partial charge in [-0.05, 0) is 61.6 Å². The Kier molecular flexibility index (Phi) is 6.73. The molecule has 9 heteroatoms. The number of aromatic nitrogens is 4. The number of allylic oxidation sites excluding steroid dienone is 1. The zero-order valence-corrected chi connectivity index (χ0v) is 20.9. The lowest BCUT2D eigenvalue weighted by Crippen LogP contribution is -2.43. The van der Waals surface area contributed by atoms with E-state index >= 15 is 0 Å². The molecule has 1 fully saturated rings. The number of ether oxygens (including phenoxy) is 2. The van der Waals surface area contributed by atoms with Crippen LogP contribution in [0, 0.1) is 5.41 Å². The van der Waals surface area contributed by atoms with E-state index in [9.17, 15) is 4.79 Å². The number of benzene rings is 2. The maximum atomic E-state index is 13.4. The number of nitrogens with one attached hydrogen (secondary N) is 2. The van der Waals surface area contributed by atoms with Crippen LogP contribution in [-0.4, -0.2) is 44.7 Å². The van der Waals surface area contributed by atoms with Crippen molar-refractivity contribution in [3.8, 4) is 22.9 Å². The molecule has 0 saturated carbocycles. The van der Waals surface area contributed by atoms with E-state index in [1.807, 2.05) is 61.3 Å². The summed E-state index contributed by atoms with van der Waals surface area (Å²) in [5, 5.41) is 15.9. The van der Waals surface area contributed by atoms with Gasteiger partial charge in [-0.1, -0.05) is 48.9 Å². The monoisotopic (exact) mass is 488 g/mol. The summed E-state index contributed by atoms with van der Waals surface area (Å²) in [4.78, 5) is 13.4. The van der Waals surface area contributed by atoms with E-state index in [1.54, 1.807) is 7.11 Å². The molecule has 2 atom stereocenters. The lowest BCUT2D eigenvalue weighted by molar-refractivity contribution is -0.137. The first-order valence-corrected chi connectivity index (χ1v) is 12.4. The predicted molar refractivity (Wildman–Crippen MR) is 135 cm³/mol. The van der Waals surface area contributed by atoms with Crippen molar-refractivity contribution in [1.29, 1.82) is 0 Å². The van der Waals surface area contributed by atoms with Gasteiger partial charge in [0.1, 0.15) is 6.61 Å². The van der Waals surface area contributed by atoms with Crippen molar-refractivity contribution in [1.82, 2.24) is 31.1 Å². The number of hydrogen-bond acceptors (Lipinski definition) is 7. The highest BCUT2D eigenvalue weighted by Crippen LogP contribution is 2.43. The zero-order valence-electron chi connectivity index (χ0n) is 20.9. The van der Waals surface area contributed by atoms with E-state index in [-0.39, 0.29) is 18.0 Å². The van der Waals surface area contributed by atoms with Crippen LogP contribution in [0.15, 0.2) is 54.6 Å². The second kappa shape index (κ2) is 10.1. The Morgan fingerprint density at radius 1 is 1.11 bits per heavy atom. The van der Waals surface area contributed by atoms with Crippen molar-refractivity contribution in [2.75, 3.05) is 7.11 Å². The molecule has 0 bridgehead atoms. The molecule has 5 rings (SSSR count). The van der Waals surface area contributed by atoms with Crippen molar-refractivity contribution in [2.45, 2.75) is 58.2 Å². The fourth-order valence-corrected chi connectivity index (χ4v) is 4.89. The minimum Gasteiger partial charge on any atom is -0.493 e.